The molecule has 0 heterocycles. The largest absolute Gasteiger partial charge is 0.344 e. The van der Waals surface area contributed by atoms with Crippen molar-refractivity contribution in [1.29, 1.82) is 0 Å². The van der Waals surface area contributed by atoms with E-state index < -0.39 is 42.0 Å². The molecule has 2 aromatic rings. The van der Waals surface area contributed by atoms with Crippen molar-refractivity contribution in [2.24, 2.45) is 0 Å². The molecule has 0 radical (unpaired) electrons. The molecule has 1 N–H and O–H groups in total. The zero-order valence-electron chi connectivity index (χ0n) is 16.9. The van der Waals surface area contributed by atoms with Crippen LogP contribution in [-0.4, -0.2) is 18.2 Å². The van der Waals surface area contributed by atoms with Gasteiger partial charge in [0.1, 0.15) is 17.2 Å². The molecule has 0 aliphatic heterocycles. The fourth-order valence-corrected chi connectivity index (χ4v) is 3.06. The van der Waals surface area contributed by atoms with E-state index in [4.69, 9.17) is 11.6 Å². The van der Waals surface area contributed by atoms with E-state index in [1.165, 1.54) is 0 Å². The molecule has 0 saturated carbocycles. The van der Waals surface area contributed by atoms with Gasteiger partial charge in [0, 0.05) is 12.3 Å². The summed E-state index contributed by atoms with van der Waals surface area (Å²) in [6.45, 7) is 7.87. The molecule has 0 saturated heterocycles. The van der Waals surface area contributed by atoms with Crippen LogP contribution in [0.15, 0.2) is 36.4 Å². The highest BCUT2D eigenvalue weighted by molar-refractivity contribution is 6.18. The van der Waals surface area contributed by atoms with Gasteiger partial charge in [-0.05, 0) is 34.7 Å². The highest BCUT2D eigenvalue weighted by Gasteiger charge is 2.23. The highest BCUT2D eigenvalue weighted by atomic mass is 35.5. The summed E-state index contributed by atoms with van der Waals surface area (Å²) < 4.78 is 53.7. The number of halogens is 5. The van der Waals surface area contributed by atoms with Gasteiger partial charge >= 0.3 is 0 Å². The first-order valence-corrected chi connectivity index (χ1v) is 9.99. The molecular weight excluding hydrogens is 406 g/mol. The van der Waals surface area contributed by atoms with Crippen LogP contribution in [0.2, 0.25) is 0 Å². The first kappa shape index (κ1) is 25.0. The molecule has 1 unspecified atom stereocenters. The molecule has 2 aromatic carbocycles. The van der Waals surface area contributed by atoms with Gasteiger partial charge in [0.15, 0.2) is 0 Å². The average molecular weight is 432 g/mol. The van der Waals surface area contributed by atoms with Crippen molar-refractivity contribution in [2.45, 2.75) is 52.5 Å². The maximum Gasteiger partial charge on any atom is 0.257 e. The number of amides is 1. The molecule has 0 fully saturated rings. The van der Waals surface area contributed by atoms with Gasteiger partial charge in [-0.15, -0.1) is 11.6 Å². The summed E-state index contributed by atoms with van der Waals surface area (Å²) in [6.07, 6.45) is -3.09. The Morgan fingerprint density at radius 1 is 1.07 bits per heavy atom. The Morgan fingerprint density at radius 3 is 2.14 bits per heavy atom. The van der Waals surface area contributed by atoms with Crippen LogP contribution >= 0.6 is 11.6 Å². The van der Waals surface area contributed by atoms with E-state index in [0.717, 1.165) is 23.8 Å². The number of rotatable bonds is 7. The Balaban J connectivity index is 0.00000204. The summed E-state index contributed by atoms with van der Waals surface area (Å²) in [5, 5.41) is 2.45. The van der Waals surface area contributed by atoms with Gasteiger partial charge < -0.3 is 5.32 Å². The molecule has 0 aliphatic rings. The molecule has 160 valence electrons. The number of alkyl halides is 3. The van der Waals surface area contributed by atoms with Crippen LogP contribution < -0.4 is 5.32 Å². The van der Waals surface area contributed by atoms with E-state index in [9.17, 15) is 22.4 Å². The maximum absolute atomic E-state index is 13.8. The lowest BCUT2D eigenvalue weighted by Gasteiger charge is -2.22. The average Bonchev–Trinajstić information content (AvgIpc) is 2.67. The monoisotopic (exact) mass is 431 g/mol. The molecule has 0 bridgehead atoms. The Morgan fingerprint density at radius 2 is 1.66 bits per heavy atom. The van der Waals surface area contributed by atoms with Gasteiger partial charge in [-0.3, -0.25) is 4.79 Å². The number of benzene rings is 2. The minimum atomic E-state index is -2.58. The van der Waals surface area contributed by atoms with Crippen LogP contribution in [0.3, 0.4) is 0 Å². The van der Waals surface area contributed by atoms with Gasteiger partial charge in [-0.1, -0.05) is 52.0 Å². The lowest BCUT2D eigenvalue weighted by molar-refractivity contribution is 0.0931. The topological polar surface area (TPSA) is 29.1 Å². The van der Waals surface area contributed by atoms with Crippen molar-refractivity contribution in [3.63, 3.8) is 0 Å². The van der Waals surface area contributed by atoms with Crippen LogP contribution in [0, 0.1) is 11.6 Å². The number of nitrogens with one attached hydrogen (secondary N) is 1. The van der Waals surface area contributed by atoms with E-state index in [0.29, 0.717) is 11.1 Å². The highest BCUT2D eigenvalue weighted by Crippen LogP contribution is 2.27. The molecule has 2 rings (SSSR count). The summed E-state index contributed by atoms with van der Waals surface area (Å²) in [7, 11) is 0. The Labute approximate surface area is 174 Å². The van der Waals surface area contributed by atoms with Crippen molar-refractivity contribution in [2.75, 3.05) is 5.88 Å². The number of hydrogen-bond acceptors (Lipinski definition) is 1. The van der Waals surface area contributed by atoms with Crippen molar-refractivity contribution >= 4 is 17.5 Å². The smallest absolute Gasteiger partial charge is 0.257 e. The number of carbonyl (C=O) groups is 1. The van der Waals surface area contributed by atoms with Crippen molar-refractivity contribution in [1.82, 2.24) is 5.32 Å². The van der Waals surface area contributed by atoms with E-state index in [2.05, 4.69) is 5.32 Å². The third kappa shape index (κ3) is 6.74. The van der Waals surface area contributed by atoms with Crippen LogP contribution in [-0.2, 0) is 6.42 Å². The van der Waals surface area contributed by atoms with Gasteiger partial charge in [0.2, 0.25) is 6.43 Å². The molecule has 29 heavy (non-hydrogen) atoms. The SMILES string of the molecule is CC.CC(C)c1ccc(C(CCl)NC(=O)c2c(F)cccc2F)c(CC(F)F)c1. The molecule has 0 aromatic heterocycles. The Bertz CT molecular complexity index is 791. The van der Waals surface area contributed by atoms with E-state index in [-0.39, 0.29) is 11.8 Å². The third-order valence-corrected chi connectivity index (χ3v) is 4.54. The summed E-state index contributed by atoms with van der Waals surface area (Å²) in [5.74, 6) is -3.02. The number of hydrogen-bond donors (Lipinski definition) is 1. The Kier molecular flexibility index (Phi) is 10.2. The van der Waals surface area contributed by atoms with Crippen LogP contribution in [0.1, 0.15) is 66.7 Å². The fourth-order valence-electron chi connectivity index (χ4n) is 2.81. The lowest BCUT2D eigenvalue weighted by atomic mass is 9.92. The zero-order valence-corrected chi connectivity index (χ0v) is 17.7. The molecule has 2 nitrogen and oxygen atoms in total. The van der Waals surface area contributed by atoms with Crippen LogP contribution in [0.5, 0.6) is 0 Å². The molecule has 7 heteroatoms. The first-order chi connectivity index (χ1) is 13.7. The normalized spacial score (nSPS) is 11.8. The molecule has 1 amide bonds. The van der Waals surface area contributed by atoms with Gasteiger partial charge in [-0.25, -0.2) is 17.6 Å². The van der Waals surface area contributed by atoms with Gasteiger partial charge in [-0.2, -0.15) is 0 Å². The van der Waals surface area contributed by atoms with Gasteiger partial charge in [0.25, 0.3) is 5.91 Å². The quantitative estimate of drug-likeness (QED) is 0.386. The second-order valence-corrected chi connectivity index (χ2v) is 6.79. The third-order valence-electron chi connectivity index (χ3n) is 4.23. The molecule has 0 aliphatic carbocycles. The first-order valence-electron chi connectivity index (χ1n) is 9.46. The van der Waals surface area contributed by atoms with E-state index in [1.54, 1.807) is 18.2 Å². The van der Waals surface area contributed by atoms with E-state index >= 15 is 0 Å². The zero-order chi connectivity index (χ0) is 22.1. The maximum atomic E-state index is 13.8. The molecular formula is C22H26ClF4NO. The lowest BCUT2D eigenvalue weighted by Crippen LogP contribution is -2.32. The summed E-state index contributed by atoms with van der Waals surface area (Å²) in [6, 6.07) is 7.25. The summed E-state index contributed by atoms with van der Waals surface area (Å²) >= 11 is 5.93. The van der Waals surface area contributed by atoms with Crippen LogP contribution in [0.4, 0.5) is 17.6 Å². The molecule has 0 spiro atoms. The summed E-state index contributed by atoms with van der Waals surface area (Å²) in [4.78, 5) is 12.3. The summed E-state index contributed by atoms with van der Waals surface area (Å²) in [5.41, 5.74) is 0.881. The predicted molar refractivity (Wildman–Crippen MR) is 109 cm³/mol. The van der Waals surface area contributed by atoms with Crippen molar-refractivity contribution < 1.29 is 22.4 Å². The molecule has 1 atom stereocenters. The van der Waals surface area contributed by atoms with E-state index in [1.807, 2.05) is 27.7 Å². The van der Waals surface area contributed by atoms with Gasteiger partial charge in [0.05, 0.1) is 6.04 Å². The fraction of sp³-hybridized carbons (Fsp3) is 0.409. The minimum Gasteiger partial charge on any atom is -0.344 e. The minimum absolute atomic E-state index is 0.132. The second-order valence-electron chi connectivity index (χ2n) is 6.49. The van der Waals surface area contributed by atoms with Crippen molar-refractivity contribution in [3.05, 3.63) is 70.3 Å². The van der Waals surface area contributed by atoms with Crippen LogP contribution in [0.25, 0.3) is 0 Å². The standard InChI is InChI=1S/C20H20ClF4NO.C2H6/c1-11(2)12-6-7-14(13(8-12)9-18(24)25)17(10-21)26-20(27)19-15(22)4-3-5-16(19)23;1-2/h3-8,11,17-18H,9-10H2,1-2H3,(H,26,27);1-2H3. The number of carbonyl (C=O) groups excluding carboxylic acids is 1. The predicted octanol–water partition coefficient (Wildman–Crippen LogP) is 6.63. The Hall–Kier alpha value is -2.08. The second kappa shape index (κ2) is 11.8. The van der Waals surface area contributed by atoms with Crippen molar-refractivity contribution in [3.8, 4) is 0 Å².